The standard InChI is InChI=1S/C18H25NO3/c1-22-11-10-18(8-4-5-9-18)17(21)19-16-14-7-3-2-6-13(14)12-15(16)20/h2-3,6-7,15-16,20H,4-5,8-12H2,1H3,(H,19,21)/t15-,16+/m1/s1. The molecular weight excluding hydrogens is 278 g/mol. The number of rotatable bonds is 5. The molecule has 0 spiro atoms. The lowest BCUT2D eigenvalue weighted by molar-refractivity contribution is -0.133. The van der Waals surface area contributed by atoms with E-state index < -0.39 is 6.10 Å². The highest BCUT2D eigenvalue weighted by Crippen LogP contribution is 2.42. The fourth-order valence-electron chi connectivity index (χ4n) is 3.98. The molecule has 0 heterocycles. The number of aliphatic hydroxyl groups excluding tert-OH is 1. The minimum atomic E-state index is -0.526. The van der Waals surface area contributed by atoms with Gasteiger partial charge in [-0.1, -0.05) is 37.1 Å². The summed E-state index contributed by atoms with van der Waals surface area (Å²) in [5.41, 5.74) is 1.88. The van der Waals surface area contributed by atoms with Crippen LogP contribution in [0.4, 0.5) is 0 Å². The molecule has 1 aromatic rings. The van der Waals surface area contributed by atoms with Gasteiger partial charge in [-0.25, -0.2) is 0 Å². The summed E-state index contributed by atoms with van der Waals surface area (Å²) < 4.78 is 5.20. The van der Waals surface area contributed by atoms with Gasteiger partial charge in [0.25, 0.3) is 0 Å². The minimum absolute atomic E-state index is 0.0859. The fraction of sp³-hybridized carbons (Fsp3) is 0.611. The van der Waals surface area contributed by atoms with E-state index in [0.29, 0.717) is 13.0 Å². The zero-order chi connectivity index (χ0) is 15.6. The highest BCUT2D eigenvalue weighted by atomic mass is 16.5. The number of amides is 1. The van der Waals surface area contributed by atoms with Crippen molar-refractivity contribution >= 4 is 5.91 Å². The molecule has 22 heavy (non-hydrogen) atoms. The first-order valence-electron chi connectivity index (χ1n) is 8.22. The number of aliphatic hydroxyl groups is 1. The maximum Gasteiger partial charge on any atom is 0.226 e. The SMILES string of the molecule is COCCC1(C(=O)N[C@H]2c3ccccc3C[C@H]2O)CCCC1. The van der Waals surface area contributed by atoms with Gasteiger partial charge in [-0.3, -0.25) is 4.79 Å². The van der Waals surface area contributed by atoms with Gasteiger partial charge >= 0.3 is 0 Å². The zero-order valence-electron chi connectivity index (χ0n) is 13.2. The molecule has 120 valence electrons. The summed E-state index contributed by atoms with van der Waals surface area (Å²) in [4.78, 5) is 12.9. The van der Waals surface area contributed by atoms with E-state index in [1.54, 1.807) is 7.11 Å². The Morgan fingerprint density at radius 1 is 1.36 bits per heavy atom. The molecule has 2 atom stereocenters. The van der Waals surface area contributed by atoms with Crippen molar-refractivity contribution in [2.24, 2.45) is 5.41 Å². The van der Waals surface area contributed by atoms with Crippen molar-refractivity contribution in [2.45, 2.75) is 50.7 Å². The summed E-state index contributed by atoms with van der Waals surface area (Å²) in [7, 11) is 1.68. The Morgan fingerprint density at radius 2 is 2.09 bits per heavy atom. The number of nitrogens with one attached hydrogen (secondary N) is 1. The third-order valence-corrected chi connectivity index (χ3v) is 5.32. The van der Waals surface area contributed by atoms with Crippen LogP contribution in [-0.4, -0.2) is 30.8 Å². The number of carbonyl (C=O) groups is 1. The Labute approximate surface area is 131 Å². The fourth-order valence-corrected chi connectivity index (χ4v) is 3.98. The van der Waals surface area contributed by atoms with E-state index in [4.69, 9.17) is 4.74 Å². The van der Waals surface area contributed by atoms with Crippen molar-refractivity contribution in [1.82, 2.24) is 5.32 Å². The molecule has 2 aliphatic carbocycles. The number of fused-ring (bicyclic) bond motifs is 1. The van der Waals surface area contributed by atoms with Crippen molar-refractivity contribution < 1.29 is 14.6 Å². The molecule has 3 rings (SSSR count). The second-order valence-electron chi connectivity index (χ2n) is 6.65. The van der Waals surface area contributed by atoms with Gasteiger partial charge in [-0.05, 0) is 30.4 Å². The van der Waals surface area contributed by atoms with Gasteiger partial charge in [0.1, 0.15) is 0 Å². The van der Waals surface area contributed by atoms with E-state index in [1.807, 2.05) is 24.3 Å². The van der Waals surface area contributed by atoms with Gasteiger partial charge in [0.15, 0.2) is 0 Å². The Morgan fingerprint density at radius 3 is 2.82 bits per heavy atom. The topological polar surface area (TPSA) is 58.6 Å². The third kappa shape index (κ3) is 2.77. The van der Waals surface area contributed by atoms with Crippen LogP contribution in [0.3, 0.4) is 0 Å². The van der Waals surface area contributed by atoms with Crippen LogP contribution in [-0.2, 0) is 16.0 Å². The maximum atomic E-state index is 12.9. The van der Waals surface area contributed by atoms with E-state index >= 15 is 0 Å². The molecule has 2 aliphatic rings. The largest absolute Gasteiger partial charge is 0.390 e. The molecule has 4 heteroatoms. The molecule has 0 unspecified atom stereocenters. The Hall–Kier alpha value is -1.39. The van der Waals surface area contributed by atoms with Gasteiger partial charge in [0.2, 0.25) is 5.91 Å². The van der Waals surface area contributed by atoms with E-state index in [1.165, 1.54) is 0 Å². The second-order valence-corrected chi connectivity index (χ2v) is 6.65. The van der Waals surface area contributed by atoms with Gasteiger partial charge in [-0.15, -0.1) is 0 Å². The van der Waals surface area contributed by atoms with Gasteiger partial charge in [-0.2, -0.15) is 0 Å². The van der Waals surface area contributed by atoms with Crippen LogP contribution in [0.2, 0.25) is 0 Å². The van der Waals surface area contributed by atoms with Crippen LogP contribution in [0.25, 0.3) is 0 Å². The summed E-state index contributed by atoms with van der Waals surface area (Å²) >= 11 is 0. The van der Waals surface area contributed by atoms with E-state index in [-0.39, 0.29) is 17.4 Å². The molecule has 1 aromatic carbocycles. The maximum absolute atomic E-state index is 12.9. The van der Waals surface area contributed by atoms with Crippen molar-refractivity contribution in [3.05, 3.63) is 35.4 Å². The molecule has 1 amide bonds. The van der Waals surface area contributed by atoms with Gasteiger partial charge in [0.05, 0.1) is 17.6 Å². The third-order valence-electron chi connectivity index (χ3n) is 5.32. The van der Waals surface area contributed by atoms with E-state index in [0.717, 1.165) is 43.2 Å². The summed E-state index contributed by atoms with van der Waals surface area (Å²) in [6.45, 7) is 0.608. The number of hydrogen-bond acceptors (Lipinski definition) is 3. The molecule has 0 aromatic heterocycles. The predicted octanol–water partition coefficient (Wildman–Crippen LogP) is 2.36. The van der Waals surface area contributed by atoms with Crippen molar-refractivity contribution in [3.8, 4) is 0 Å². The van der Waals surface area contributed by atoms with Gasteiger partial charge < -0.3 is 15.2 Å². The number of methoxy groups -OCH3 is 1. The molecule has 0 aliphatic heterocycles. The van der Waals surface area contributed by atoms with Crippen LogP contribution in [0, 0.1) is 5.41 Å². The average molecular weight is 303 g/mol. The second kappa shape index (κ2) is 6.39. The highest BCUT2D eigenvalue weighted by Gasteiger charge is 2.43. The monoisotopic (exact) mass is 303 g/mol. The van der Waals surface area contributed by atoms with Crippen molar-refractivity contribution in [3.63, 3.8) is 0 Å². The van der Waals surface area contributed by atoms with Crippen molar-refractivity contribution in [1.29, 1.82) is 0 Å². The lowest BCUT2D eigenvalue weighted by Gasteiger charge is -2.30. The Bertz CT molecular complexity index is 537. The van der Waals surface area contributed by atoms with E-state index in [9.17, 15) is 9.90 Å². The molecule has 1 fully saturated rings. The molecule has 0 bridgehead atoms. The minimum Gasteiger partial charge on any atom is -0.390 e. The Kier molecular flexibility index (Phi) is 4.50. The summed E-state index contributed by atoms with van der Waals surface area (Å²) in [6, 6.07) is 7.70. The molecule has 2 N–H and O–H groups in total. The average Bonchev–Trinajstić information content (AvgIpc) is 3.12. The van der Waals surface area contributed by atoms with Crippen molar-refractivity contribution in [2.75, 3.05) is 13.7 Å². The molecule has 0 radical (unpaired) electrons. The molecular formula is C18H25NO3. The zero-order valence-corrected chi connectivity index (χ0v) is 13.2. The number of ether oxygens (including phenoxy) is 1. The predicted molar refractivity (Wildman–Crippen MR) is 84.4 cm³/mol. The van der Waals surface area contributed by atoms with Crippen LogP contribution in [0.1, 0.15) is 49.3 Å². The first kappa shape index (κ1) is 15.5. The quantitative estimate of drug-likeness (QED) is 0.878. The van der Waals surface area contributed by atoms with Crippen LogP contribution >= 0.6 is 0 Å². The smallest absolute Gasteiger partial charge is 0.226 e. The summed E-state index contributed by atoms with van der Waals surface area (Å²) in [6.07, 6.45) is 4.90. The summed E-state index contributed by atoms with van der Waals surface area (Å²) in [5, 5.41) is 13.5. The van der Waals surface area contributed by atoms with Gasteiger partial charge in [0, 0.05) is 20.1 Å². The lowest BCUT2D eigenvalue weighted by Crippen LogP contribution is -2.44. The number of carbonyl (C=O) groups excluding carboxylic acids is 1. The normalized spacial score (nSPS) is 25.9. The molecule has 0 saturated heterocycles. The first-order valence-corrected chi connectivity index (χ1v) is 8.22. The van der Waals surface area contributed by atoms with Crippen LogP contribution in [0.15, 0.2) is 24.3 Å². The Balaban J connectivity index is 1.75. The highest BCUT2D eigenvalue weighted by molar-refractivity contribution is 5.83. The molecule has 1 saturated carbocycles. The van der Waals surface area contributed by atoms with Crippen LogP contribution in [0.5, 0.6) is 0 Å². The number of hydrogen-bond donors (Lipinski definition) is 2. The first-order chi connectivity index (χ1) is 10.7. The van der Waals surface area contributed by atoms with E-state index in [2.05, 4.69) is 5.32 Å². The van der Waals surface area contributed by atoms with Crippen LogP contribution < -0.4 is 5.32 Å². The number of benzene rings is 1. The molecule has 4 nitrogen and oxygen atoms in total. The summed E-state index contributed by atoms with van der Waals surface area (Å²) in [5.74, 6) is 0.0859. The lowest BCUT2D eigenvalue weighted by atomic mass is 9.81.